The lowest BCUT2D eigenvalue weighted by Crippen LogP contribution is -2.11. The molecule has 0 aliphatic heterocycles. The second-order valence-electron chi connectivity index (χ2n) is 4.28. The van der Waals surface area contributed by atoms with Crippen molar-refractivity contribution >= 4 is 0 Å². The van der Waals surface area contributed by atoms with Crippen LogP contribution in [0.15, 0.2) is 23.3 Å². The molecule has 1 aliphatic rings. The first kappa shape index (κ1) is 9.13. The van der Waals surface area contributed by atoms with Crippen molar-refractivity contribution in [1.29, 1.82) is 0 Å². The summed E-state index contributed by atoms with van der Waals surface area (Å²) in [6, 6.07) is 0. The summed E-state index contributed by atoms with van der Waals surface area (Å²) in [5, 5.41) is 0. The van der Waals surface area contributed by atoms with E-state index in [1.54, 1.807) is 0 Å². The van der Waals surface area contributed by atoms with Crippen molar-refractivity contribution < 1.29 is 0 Å². The summed E-state index contributed by atoms with van der Waals surface area (Å²) in [5.74, 6) is 2.69. The maximum absolute atomic E-state index is 5.31. The highest BCUT2D eigenvalue weighted by molar-refractivity contribution is 5.36. The zero-order chi connectivity index (χ0) is 9.19. The van der Waals surface area contributed by atoms with E-state index in [4.69, 9.17) is 6.42 Å². The molecule has 0 atom stereocenters. The number of hydrogen-bond donors (Lipinski definition) is 0. The first-order valence-electron chi connectivity index (χ1n) is 4.41. The van der Waals surface area contributed by atoms with Crippen molar-refractivity contribution in [3.05, 3.63) is 23.3 Å². The quantitative estimate of drug-likeness (QED) is 0.477. The zero-order valence-electron chi connectivity index (χ0n) is 8.15. The number of hydrogen-bond acceptors (Lipinski definition) is 0. The predicted octanol–water partition coefficient (Wildman–Crippen LogP) is 3.31. The van der Waals surface area contributed by atoms with Gasteiger partial charge in [-0.05, 0) is 18.3 Å². The lowest BCUT2D eigenvalue weighted by molar-refractivity contribution is 0.480. The maximum atomic E-state index is 5.31. The number of allylic oxidation sites excluding steroid dienone is 4. The second-order valence-corrected chi connectivity index (χ2v) is 4.28. The summed E-state index contributed by atoms with van der Waals surface area (Å²) in [4.78, 5) is 0. The average molecular weight is 160 g/mol. The molecule has 0 radical (unpaired) electrons. The van der Waals surface area contributed by atoms with Gasteiger partial charge in [-0.15, -0.1) is 6.42 Å². The molecule has 0 nitrogen and oxygen atoms in total. The lowest BCUT2D eigenvalue weighted by atomic mass is 9.81. The van der Waals surface area contributed by atoms with Gasteiger partial charge in [-0.2, -0.15) is 0 Å². The third-order valence-corrected chi connectivity index (χ3v) is 2.30. The molecule has 0 heteroatoms. The standard InChI is InChI=1S/C12H16/c1-5-10-6-8-11(9-7-10)12(2,3)4/h1,6,8H,7,9H2,2-4H3. The van der Waals surface area contributed by atoms with Crippen molar-refractivity contribution in [3.63, 3.8) is 0 Å². The molecule has 0 saturated heterocycles. The molecule has 0 N–H and O–H groups in total. The van der Waals surface area contributed by atoms with Crippen molar-refractivity contribution in [2.24, 2.45) is 5.41 Å². The second kappa shape index (κ2) is 3.19. The van der Waals surface area contributed by atoms with Gasteiger partial charge < -0.3 is 0 Å². The topological polar surface area (TPSA) is 0 Å². The summed E-state index contributed by atoms with van der Waals surface area (Å²) >= 11 is 0. The van der Waals surface area contributed by atoms with Gasteiger partial charge in [0.15, 0.2) is 0 Å². The van der Waals surface area contributed by atoms with Crippen LogP contribution in [-0.4, -0.2) is 0 Å². The normalized spacial score (nSPS) is 17.8. The Labute approximate surface area is 75.4 Å². The van der Waals surface area contributed by atoms with Crippen LogP contribution in [0, 0.1) is 17.8 Å². The van der Waals surface area contributed by atoms with Crippen LogP contribution in [0.1, 0.15) is 33.6 Å². The Morgan fingerprint density at radius 2 is 1.92 bits per heavy atom. The molecule has 0 spiro atoms. The van der Waals surface area contributed by atoms with E-state index in [9.17, 15) is 0 Å². The first-order chi connectivity index (χ1) is 5.54. The Morgan fingerprint density at radius 1 is 1.25 bits per heavy atom. The summed E-state index contributed by atoms with van der Waals surface area (Å²) in [7, 11) is 0. The molecule has 1 aliphatic carbocycles. The molecular weight excluding hydrogens is 144 g/mol. The third kappa shape index (κ3) is 2.01. The van der Waals surface area contributed by atoms with E-state index >= 15 is 0 Å². The van der Waals surface area contributed by atoms with Crippen LogP contribution >= 0.6 is 0 Å². The average Bonchev–Trinajstić information content (AvgIpc) is 2.03. The Morgan fingerprint density at radius 3 is 2.25 bits per heavy atom. The Hall–Kier alpha value is -0.960. The highest BCUT2D eigenvalue weighted by atomic mass is 14.2. The van der Waals surface area contributed by atoms with Gasteiger partial charge in [-0.3, -0.25) is 0 Å². The van der Waals surface area contributed by atoms with E-state index in [1.165, 1.54) is 5.57 Å². The van der Waals surface area contributed by atoms with E-state index in [1.807, 2.05) is 0 Å². The fourth-order valence-corrected chi connectivity index (χ4v) is 1.38. The molecule has 0 fully saturated rings. The Bertz CT molecular complexity index is 263. The van der Waals surface area contributed by atoms with Gasteiger partial charge in [0, 0.05) is 5.57 Å². The monoisotopic (exact) mass is 160 g/mol. The SMILES string of the molecule is C#CC1=CC=C(C(C)(C)C)CC1. The largest absolute Gasteiger partial charge is 0.115 e. The summed E-state index contributed by atoms with van der Waals surface area (Å²) < 4.78 is 0. The zero-order valence-corrected chi connectivity index (χ0v) is 8.15. The van der Waals surface area contributed by atoms with Crippen molar-refractivity contribution in [2.45, 2.75) is 33.6 Å². The molecule has 0 heterocycles. The van der Waals surface area contributed by atoms with Crippen LogP contribution in [0.25, 0.3) is 0 Å². The predicted molar refractivity (Wildman–Crippen MR) is 53.7 cm³/mol. The Kier molecular flexibility index (Phi) is 2.43. The summed E-state index contributed by atoms with van der Waals surface area (Å²) in [6.45, 7) is 6.73. The molecule has 0 amide bonds. The molecule has 0 aromatic rings. The highest BCUT2D eigenvalue weighted by Crippen LogP contribution is 2.32. The smallest absolute Gasteiger partial charge is 0.00207 e. The third-order valence-electron chi connectivity index (χ3n) is 2.30. The molecule has 0 unspecified atom stereocenters. The van der Waals surface area contributed by atoms with E-state index in [0.717, 1.165) is 18.4 Å². The van der Waals surface area contributed by atoms with E-state index in [-0.39, 0.29) is 0 Å². The van der Waals surface area contributed by atoms with Gasteiger partial charge >= 0.3 is 0 Å². The summed E-state index contributed by atoms with van der Waals surface area (Å²) in [6.07, 6.45) is 11.7. The maximum Gasteiger partial charge on any atom is 0.00207 e. The van der Waals surface area contributed by atoms with E-state index < -0.39 is 0 Å². The van der Waals surface area contributed by atoms with Crippen LogP contribution in [0.3, 0.4) is 0 Å². The Balaban J connectivity index is 2.82. The first-order valence-corrected chi connectivity index (χ1v) is 4.41. The minimum atomic E-state index is 0.302. The van der Waals surface area contributed by atoms with Gasteiger partial charge in [0.05, 0.1) is 0 Å². The number of terminal acetylenes is 1. The van der Waals surface area contributed by atoms with Crippen LogP contribution in [0.5, 0.6) is 0 Å². The molecule has 64 valence electrons. The minimum Gasteiger partial charge on any atom is -0.115 e. The molecule has 0 aromatic carbocycles. The molecule has 0 aromatic heterocycles. The summed E-state index contributed by atoms with van der Waals surface area (Å²) in [5.41, 5.74) is 2.93. The van der Waals surface area contributed by atoms with E-state index in [2.05, 4.69) is 38.8 Å². The van der Waals surface area contributed by atoms with Crippen LogP contribution in [0.4, 0.5) is 0 Å². The van der Waals surface area contributed by atoms with Crippen LogP contribution < -0.4 is 0 Å². The number of rotatable bonds is 0. The van der Waals surface area contributed by atoms with E-state index in [0.29, 0.717) is 5.41 Å². The fourth-order valence-electron chi connectivity index (χ4n) is 1.38. The molecule has 0 bridgehead atoms. The molecule has 1 rings (SSSR count). The van der Waals surface area contributed by atoms with Crippen molar-refractivity contribution in [1.82, 2.24) is 0 Å². The molecule has 0 saturated carbocycles. The van der Waals surface area contributed by atoms with Crippen LogP contribution in [-0.2, 0) is 0 Å². The molecule has 12 heavy (non-hydrogen) atoms. The van der Waals surface area contributed by atoms with Gasteiger partial charge in [-0.25, -0.2) is 0 Å². The molecular formula is C12H16. The van der Waals surface area contributed by atoms with Gasteiger partial charge in [0.25, 0.3) is 0 Å². The van der Waals surface area contributed by atoms with Crippen molar-refractivity contribution in [2.75, 3.05) is 0 Å². The fraction of sp³-hybridized carbons (Fsp3) is 0.500. The van der Waals surface area contributed by atoms with Gasteiger partial charge in [0.2, 0.25) is 0 Å². The highest BCUT2D eigenvalue weighted by Gasteiger charge is 2.17. The lowest BCUT2D eigenvalue weighted by Gasteiger charge is -2.24. The van der Waals surface area contributed by atoms with Gasteiger partial charge in [-0.1, -0.05) is 44.4 Å². The van der Waals surface area contributed by atoms with Gasteiger partial charge in [0.1, 0.15) is 0 Å². The van der Waals surface area contributed by atoms with Crippen molar-refractivity contribution in [3.8, 4) is 12.3 Å². The minimum absolute atomic E-state index is 0.302. The van der Waals surface area contributed by atoms with Crippen LogP contribution in [0.2, 0.25) is 0 Å².